The molecule has 1 fully saturated rings. The molecule has 2 unspecified atom stereocenters. The number of anilines is 1. The first-order valence-electron chi connectivity index (χ1n) is 7.18. The second-order valence-corrected chi connectivity index (χ2v) is 7.36. The number of carboxylic acids is 1. The van der Waals surface area contributed by atoms with E-state index in [1.807, 2.05) is 38.1 Å². The third-order valence-electron chi connectivity index (χ3n) is 3.92. The molecule has 0 saturated carbocycles. The Bertz CT molecular complexity index is 521. The molecular weight excluding hydrogens is 286 g/mol. The van der Waals surface area contributed by atoms with Gasteiger partial charge in [0.25, 0.3) is 0 Å². The van der Waals surface area contributed by atoms with Crippen LogP contribution in [0.25, 0.3) is 0 Å². The molecule has 1 aromatic rings. The van der Waals surface area contributed by atoms with Crippen LogP contribution >= 0.6 is 11.8 Å². The van der Waals surface area contributed by atoms with E-state index in [9.17, 15) is 9.59 Å². The Morgan fingerprint density at radius 3 is 2.57 bits per heavy atom. The van der Waals surface area contributed by atoms with Crippen molar-refractivity contribution >= 4 is 29.3 Å². The molecule has 114 valence electrons. The molecule has 4 nitrogen and oxygen atoms in total. The predicted molar refractivity (Wildman–Crippen MR) is 85.8 cm³/mol. The van der Waals surface area contributed by atoms with Gasteiger partial charge in [-0.3, -0.25) is 9.59 Å². The minimum atomic E-state index is -0.800. The number of benzene rings is 1. The van der Waals surface area contributed by atoms with E-state index in [1.165, 1.54) is 0 Å². The molecule has 0 aromatic heterocycles. The van der Waals surface area contributed by atoms with Crippen LogP contribution in [-0.4, -0.2) is 27.5 Å². The molecule has 2 N–H and O–H groups in total. The lowest BCUT2D eigenvalue weighted by Gasteiger charge is -2.21. The number of hydrogen-bond acceptors (Lipinski definition) is 3. The molecule has 1 aliphatic rings. The van der Waals surface area contributed by atoms with E-state index in [-0.39, 0.29) is 23.0 Å². The maximum atomic E-state index is 12.3. The SMILES string of the molecule is CC(CC(=O)O)c1ccc(NC(=O)C2(C)CCCS2)cc1. The van der Waals surface area contributed by atoms with Crippen LogP contribution in [0.1, 0.15) is 44.6 Å². The maximum absolute atomic E-state index is 12.3. The molecule has 0 radical (unpaired) electrons. The zero-order valence-electron chi connectivity index (χ0n) is 12.4. The van der Waals surface area contributed by atoms with E-state index in [0.29, 0.717) is 0 Å². The Kier molecular flexibility index (Phi) is 4.93. The third-order valence-corrected chi connectivity index (χ3v) is 5.44. The fourth-order valence-electron chi connectivity index (χ4n) is 2.50. The monoisotopic (exact) mass is 307 g/mol. The standard InChI is InChI=1S/C16H21NO3S/c1-11(10-14(18)19)12-4-6-13(7-5-12)17-15(20)16(2)8-3-9-21-16/h4-7,11H,3,8-10H2,1-2H3,(H,17,20)(H,18,19). The Labute approximate surface area is 129 Å². The van der Waals surface area contributed by atoms with Gasteiger partial charge in [-0.15, -0.1) is 11.8 Å². The van der Waals surface area contributed by atoms with Crippen LogP contribution in [0.2, 0.25) is 0 Å². The van der Waals surface area contributed by atoms with Crippen molar-refractivity contribution in [3.8, 4) is 0 Å². The topological polar surface area (TPSA) is 66.4 Å². The molecular formula is C16H21NO3S. The number of thioether (sulfide) groups is 1. The van der Waals surface area contributed by atoms with Crippen molar-refractivity contribution in [2.45, 2.75) is 43.8 Å². The summed E-state index contributed by atoms with van der Waals surface area (Å²) in [6, 6.07) is 7.45. The lowest BCUT2D eigenvalue weighted by atomic mass is 9.97. The first-order valence-corrected chi connectivity index (χ1v) is 8.16. The summed E-state index contributed by atoms with van der Waals surface area (Å²) in [4.78, 5) is 23.0. The van der Waals surface area contributed by atoms with Gasteiger partial charge in [-0.05, 0) is 49.1 Å². The molecule has 0 aliphatic carbocycles. The summed E-state index contributed by atoms with van der Waals surface area (Å²) in [5.41, 5.74) is 1.73. The van der Waals surface area contributed by atoms with Crippen LogP contribution in [-0.2, 0) is 9.59 Å². The molecule has 1 saturated heterocycles. The van der Waals surface area contributed by atoms with Crippen molar-refractivity contribution < 1.29 is 14.7 Å². The number of rotatable bonds is 5. The van der Waals surface area contributed by atoms with E-state index in [2.05, 4.69) is 5.32 Å². The highest BCUT2D eigenvalue weighted by Crippen LogP contribution is 2.38. The highest BCUT2D eigenvalue weighted by Gasteiger charge is 2.37. The van der Waals surface area contributed by atoms with Gasteiger partial charge >= 0.3 is 5.97 Å². The average molecular weight is 307 g/mol. The molecule has 1 aliphatic heterocycles. The van der Waals surface area contributed by atoms with Crippen LogP contribution in [0.4, 0.5) is 5.69 Å². The zero-order valence-corrected chi connectivity index (χ0v) is 13.2. The lowest BCUT2D eigenvalue weighted by Crippen LogP contribution is -2.34. The highest BCUT2D eigenvalue weighted by atomic mass is 32.2. The fourth-order valence-corrected chi connectivity index (χ4v) is 3.71. The number of carbonyl (C=O) groups excluding carboxylic acids is 1. The molecule has 1 heterocycles. The third kappa shape index (κ3) is 4.00. The number of amides is 1. The van der Waals surface area contributed by atoms with Crippen molar-refractivity contribution in [1.29, 1.82) is 0 Å². The quantitative estimate of drug-likeness (QED) is 0.874. The fraction of sp³-hybridized carbons (Fsp3) is 0.500. The van der Waals surface area contributed by atoms with E-state index >= 15 is 0 Å². The molecule has 1 amide bonds. The van der Waals surface area contributed by atoms with Crippen LogP contribution in [0.5, 0.6) is 0 Å². The van der Waals surface area contributed by atoms with Crippen molar-refractivity contribution in [3.63, 3.8) is 0 Å². The Morgan fingerprint density at radius 2 is 2.05 bits per heavy atom. The maximum Gasteiger partial charge on any atom is 0.303 e. The number of nitrogens with one attached hydrogen (secondary N) is 1. The minimum absolute atomic E-state index is 0.0323. The van der Waals surface area contributed by atoms with Gasteiger partial charge in [0, 0.05) is 5.69 Å². The lowest BCUT2D eigenvalue weighted by molar-refractivity contribution is -0.137. The number of hydrogen-bond donors (Lipinski definition) is 2. The average Bonchev–Trinajstić information content (AvgIpc) is 2.87. The van der Waals surface area contributed by atoms with Gasteiger partial charge in [0.05, 0.1) is 11.2 Å². The summed E-state index contributed by atoms with van der Waals surface area (Å²) < 4.78 is -0.324. The molecule has 2 atom stereocenters. The zero-order chi connectivity index (χ0) is 15.5. The number of aliphatic carboxylic acids is 1. The van der Waals surface area contributed by atoms with Crippen molar-refractivity contribution in [1.82, 2.24) is 0 Å². The first kappa shape index (κ1) is 15.9. The Hall–Kier alpha value is -1.49. The summed E-state index contributed by atoms with van der Waals surface area (Å²) >= 11 is 1.71. The summed E-state index contributed by atoms with van der Waals surface area (Å²) in [5, 5.41) is 11.8. The smallest absolute Gasteiger partial charge is 0.303 e. The van der Waals surface area contributed by atoms with Gasteiger partial charge in [-0.1, -0.05) is 19.1 Å². The van der Waals surface area contributed by atoms with Gasteiger partial charge in [-0.25, -0.2) is 0 Å². The molecule has 1 aromatic carbocycles. The van der Waals surface area contributed by atoms with Gasteiger partial charge in [-0.2, -0.15) is 0 Å². The summed E-state index contributed by atoms with van der Waals surface area (Å²) in [7, 11) is 0. The van der Waals surface area contributed by atoms with Crippen molar-refractivity contribution in [3.05, 3.63) is 29.8 Å². The van der Waals surface area contributed by atoms with E-state index < -0.39 is 5.97 Å². The van der Waals surface area contributed by atoms with E-state index in [0.717, 1.165) is 29.8 Å². The van der Waals surface area contributed by atoms with Gasteiger partial charge in [0.1, 0.15) is 0 Å². The van der Waals surface area contributed by atoms with Crippen LogP contribution in [0.15, 0.2) is 24.3 Å². The predicted octanol–water partition coefficient (Wildman–Crippen LogP) is 3.49. The van der Waals surface area contributed by atoms with Crippen molar-refractivity contribution in [2.24, 2.45) is 0 Å². The molecule has 21 heavy (non-hydrogen) atoms. The summed E-state index contributed by atoms with van der Waals surface area (Å²) in [5.74, 6) is 0.257. The van der Waals surface area contributed by atoms with Gasteiger partial charge < -0.3 is 10.4 Å². The second kappa shape index (κ2) is 6.52. The first-order chi connectivity index (χ1) is 9.90. The number of carbonyl (C=O) groups is 2. The van der Waals surface area contributed by atoms with E-state index in [4.69, 9.17) is 5.11 Å². The second-order valence-electron chi connectivity index (χ2n) is 5.76. The van der Waals surface area contributed by atoms with Gasteiger partial charge in [0.15, 0.2) is 0 Å². The van der Waals surface area contributed by atoms with Crippen molar-refractivity contribution in [2.75, 3.05) is 11.1 Å². The minimum Gasteiger partial charge on any atom is -0.481 e. The van der Waals surface area contributed by atoms with E-state index in [1.54, 1.807) is 11.8 Å². The molecule has 2 rings (SSSR count). The molecule has 0 spiro atoms. The molecule has 0 bridgehead atoms. The molecule has 5 heteroatoms. The Balaban J connectivity index is 1.99. The number of carboxylic acid groups (broad SMARTS) is 1. The van der Waals surface area contributed by atoms with Gasteiger partial charge in [0.2, 0.25) is 5.91 Å². The highest BCUT2D eigenvalue weighted by molar-refractivity contribution is 8.01. The summed E-state index contributed by atoms with van der Waals surface area (Å²) in [6.07, 6.45) is 2.11. The van der Waals surface area contributed by atoms with Crippen LogP contribution < -0.4 is 5.32 Å². The summed E-state index contributed by atoms with van der Waals surface area (Å²) in [6.45, 7) is 3.88. The normalized spacial score (nSPS) is 22.8. The Morgan fingerprint density at radius 1 is 1.38 bits per heavy atom. The van der Waals surface area contributed by atoms with Crippen LogP contribution in [0, 0.1) is 0 Å². The largest absolute Gasteiger partial charge is 0.481 e. The van der Waals surface area contributed by atoms with Crippen LogP contribution in [0.3, 0.4) is 0 Å².